The van der Waals surface area contributed by atoms with Crippen LogP contribution in [0.4, 0.5) is 0 Å². The van der Waals surface area contributed by atoms with Gasteiger partial charge in [-0.2, -0.15) is 0 Å². The molecule has 1 aliphatic rings. The van der Waals surface area contributed by atoms with Crippen LogP contribution in [0.2, 0.25) is 0 Å². The molecule has 0 saturated heterocycles. The summed E-state index contributed by atoms with van der Waals surface area (Å²) in [5, 5.41) is 14.6. The zero-order valence-corrected chi connectivity index (χ0v) is 12.1. The van der Waals surface area contributed by atoms with Crippen molar-refractivity contribution < 1.29 is 14.7 Å². The highest BCUT2D eigenvalue weighted by atomic mass is 16.5. The highest BCUT2D eigenvalue weighted by molar-refractivity contribution is 5.97. The molecule has 2 unspecified atom stereocenters. The van der Waals surface area contributed by atoms with Crippen LogP contribution >= 0.6 is 0 Å². The number of hydrogen-bond acceptors (Lipinski definition) is 4. The molecule has 0 radical (unpaired) electrons. The van der Waals surface area contributed by atoms with Crippen LogP contribution in [0.25, 0.3) is 0 Å². The Kier molecular flexibility index (Phi) is 5.16. The third-order valence-electron chi connectivity index (χ3n) is 3.81. The van der Waals surface area contributed by atoms with Crippen molar-refractivity contribution in [2.75, 3.05) is 7.11 Å². The molecular weight excluding hydrogens is 270 g/mol. The fourth-order valence-electron chi connectivity index (χ4n) is 2.60. The normalized spacial score (nSPS) is 22.2. The van der Waals surface area contributed by atoms with Crippen LogP contribution in [0.15, 0.2) is 29.4 Å². The Morgan fingerprint density at radius 3 is 2.71 bits per heavy atom. The molecular formula is C15H21N3O3. The molecule has 1 fully saturated rings. The number of rotatable bonds is 5. The fraction of sp³-hybridized carbons (Fsp3) is 0.467. The van der Waals surface area contributed by atoms with Gasteiger partial charge in [0.05, 0.1) is 12.5 Å². The Bertz CT molecular complexity index is 513. The summed E-state index contributed by atoms with van der Waals surface area (Å²) in [5.41, 5.74) is 7.01. The second kappa shape index (κ2) is 7.08. The van der Waals surface area contributed by atoms with Crippen LogP contribution in [0.3, 0.4) is 0 Å². The first kappa shape index (κ1) is 15.3. The Labute approximate surface area is 124 Å². The maximum atomic E-state index is 12.0. The van der Waals surface area contributed by atoms with Crippen LogP contribution in [-0.4, -0.2) is 36.2 Å². The smallest absolute Gasteiger partial charge is 0.224 e. The summed E-state index contributed by atoms with van der Waals surface area (Å²) in [5.74, 6) is 0.0656. The van der Waals surface area contributed by atoms with E-state index in [2.05, 4.69) is 10.5 Å². The quantitative estimate of drug-likeness (QED) is 0.326. The molecule has 1 aromatic carbocycles. The minimum atomic E-state index is 0.00769. The topological polar surface area (TPSA) is 96.9 Å². The first-order valence-electron chi connectivity index (χ1n) is 7.01. The number of nitrogens with two attached hydrogens (primary N) is 1. The lowest BCUT2D eigenvalue weighted by atomic mass is 10.1. The van der Waals surface area contributed by atoms with Crippen molar-refractivity contribution in [2.45, 2.75) is 37.8 Å². The largest absolute Gasteiger partial charge is 0.409 e. The first-order valence-corrected chi connectivity index (χ1v) is 7.01. The zero-order valence-electron chi connectivity index (χ0n) is 12.1. The Morgan fingerprint density at radius 1 is 1.43 bits per heavy atom. The van der Waals surface area contributed by atoms with Gasteiger partial charge in [-0.05, 0) is 24.8 Å². The number of carbonyl (C=O) groups excluding carboxylic acids is 1. The number of amidine groups is 1. The van der Waals surface area contributed by atoms with Gasteiger partial charge in [0.15, 0.2) is 5.84 Å². The molecule has 1 amide bonds. The average molecular weight is 291 g/mol. The number of amides is 1. The molecule has 4 N–H and O–H groups in total. The zero-order chi connectivity index (χ0) is 15.2. The average Bonchev–Trinajstić information content (AvgIpc) is 2.94. The van der Waals surface area contributed by atoms with Gasteiger partial charge in [-0.3, -0.25) is 4.79 Å². The molecule has 6 nitrogen and oxygen atoms in total. The fourth-order valence-corrected chi connectivity index (χ4v) is 2.60. The molecule has 1 saturated carbocycles. The molecule has 21 heavy (non-hydrogen) atoms. The van der Waals surface area contributed by atoms with E-state index < -0.39 is 0 Å². The highest BCUT2D eigenvalue weighted by Crippen LogP contribution is 2.21. The summed E-state index contributed by atoms with van der Waals surface area (Å²) in [4.78, 5) is 12.0. The lowest BCUT2D eigenvalue weighted by molar-refractivity contribution is -0.121. The molecule has 6 heteroatoms. The number of oxime groups is 1. The van der Waals surface area contributed by atoms with Crippen molar-refractivity contribution in [3.8, 4) is 0 Å². The second-order valence-electron chi connectivity index (χ2n) is 5.29. The molecule has 0 aromatic heterocycles. The summed E-state index contributed by atoms with van der Waals surface area (Å²) in [6.07, 6.45) is 3.42. The second-order valence-corrected chi connectivity index (χ2v) is 5.29. The molecule has 1 aromatic rings. The van der Waals surface area contributed by atoms with Gasteiger partial charge in [0, 0.05) is 18.7 Å². The predicted octanol–water partition coefficient (Wildman–Crippen LogP) is 1.01. The number of carbonyl (C=O) groups is 1. The van der Waals surface area contributed by atoms with Crippen molar-refractivity contribution in [3.05, 3.63) is 35.4 Å². The Balaban J connectivity index is 1.85. The van der Waals surface area contributed by atoms with Crippen molar-refractivity contribution in [2.24, 2.45) is 10.9 Å². The van der Waals surface area contributed by atoms with Crippen LogP contribution in [0.5, 0.6) is 0 Å². The minimum Gasteiger partial charge on any atom is -0.409 e. The van der Waals surface area contributed by atoms with Gasteiger partial charge in [0.1, 0.15) is 0 Å². The van der Waals surface area contributed by atoms with Gasteiger partial charge in [0.25, 0.3) is 0 Å². The van der Waals surface area contributed by atoms with Crippen molar-refractivity contribution >= 4 is 11.7 Å². The summed E-state index contributed by atoms with van der Waals surface area (Å²) in [6.45, 7) is 0. The predicted molar refractivity (Wildman–Crippen MR) is 79.2 cm³/mol. The molecule has 0 aliphatic heterocycles. The van der Waals surface area contributed by atoms with Crippen LogP contribution in [0, 0.1) is 0 Å². The number of nitrogens with one attached hydrogen (secondary N) is 1. The number of nitrogens with zero attached hydrogens (tertiary/aromatic N) is 1. The summed E-state index contributed by atoms with van der Waals surface area (Å²) in [7, 11) is 1.71. The van der Waals surface area contributed by atoms with Crippen molar-refractivity contribution in [3.63, 3.8) is 0 Å². The first-order chi connectivity index (χ1) is 10.1. The molecule has 0 spiro atoms. The summed E-state index contributed by atoms with van der Waals surface area (Å²) >= 11 is 0. The van der Waals surface area contributed by atoms with E-state index in [1.54, 1.807) is 31.4 Å². The standard InChI is InChI=1S/C15H21N3O3/c1-21-13-7-6-12(9-13)17-14(19)8-10-2-4-11(5-3-10)15(16)18-20/h2-5,12-13,20H,6-9H2,1H3,(H2,16,18)(H,17,19). The minimum absolute atomic E-state index is 0.00769. The third kappa shape index (κ3) is 4.19. The van der Waals surface area contributed by atoms with Crippen molar-refractivity contribution in [1.82, 2.24) is 5.32 Å². The molecule has 0 heterocycles. The van der Waals surface area contributed by atoms with Gasteiger partial charge in [-0.1, -0.05) is 29.4 Å². The number of benzene rings is 1. The molecule has 0 bridgehead atoms. The lowest BCUT2D eigenvalue weighted by Gasteiger charge is -2.13. The summed E-state index contributed by atoms with van der Waals surface area (Å²) in [6, 6.07) is 7.28. The van der Waals surface area contributed by atoms with Gasteiger partial charge in [-0.15, -0.1) is 0 Å². The van der Waals surface area contributed by atoms with E-state index in [1.807, 2.05) is 0 Å². The SMILES string of the molecule is COC1CCC(NC(=O)Cc2ccc(/C(N)=N/O)cc2)C1. The van der Waals surface area contributed by atoms with Crippen molar-refractivity contribution in [1.29, 1.82) is 0 Å². The van der Waals surface area contributed by atoms with Crippen LogP contribution in [0.1, 0.15) is 30.4 Å². The third-order valence-corrected chi connectivity index (χ3v) is 3.81. The van der Waals surface area contributed by atoms with Gasteiger partial charge in [-0.25, -0.2) is 0 Å². The maximum absolute atomic E-state index is 12.0. The molecule has 1 aliphatic carbocycles. The van der Waals surface area contributed by atoms with E-state index >= 15 is 0 Å². The van der Waals surface area contributed by atoms with E-state index in [9.17, 15) is 4.79 Å². The van der Waals surface area contributed by atoms with E-state index in [-0.39, 0.29) is 23.9 Å². The van der Waals surface area contributed by atoms with E-state index in [0.29, 0.717) is 12.0 Å². The van der Waals surface area contributed by atoms with Crippen LogP contribution < -0.4 is 11.1 Å². The molecule has 2 rings (SSSR count). The monoisotopic (exact) mass is 291 g/mol. The molecule has 114 valence electrons. The summed E-state index contributed by atoms with van der Waals surface area (Å²) < 4.78 is 5.29. The molecule has 2 atom stereocenters. The lowest BCUT2D eigenvalue weighted by Crippen LogP contribution is -2.34. The van der Waals surface area contributed by atoms with E-state index in [4.69, 9.17) is 15.7 Å². The Morgan fingerprint density at radius 2 is 2.14 bits per heavy atom. The van der Waals surface area contributed by atoms with Gasteiger partial charge >= 0.3 is 0 Å². The number of hydrogen-bond donors (Lipinski definition) is 3. The van der Waals surface area contributed by atoms with Gasteiger partial charge in [0.2, 0.25) is 5.91 Å². The number of methoxy groups -OCH3 is 1. The highest BCUT2D eigenvalue weighted by Gasteiger charge is 2.25. The Hall–Kier alpha value is -2.08. The van der Waals surface area contributed by atoms with Gasteiger partial charge < -0.3 is 21.0 Å². The van der Waals surface area contributed by atoms with E-state index in [0.717, 1.165) is 24.8 Å². The number of ether oxygens (including phenoxy) is 1. The van der Waals surface area contributed by atoms with Crippen LogP contribution in [-0.2, 0) is 16.0 Å². The van der Waals surface area contributed by atoms with E-state index in [1.165, 1.54) is 0 Å². The maximum Gasteiger partial charge on any atom is 0.224 e.